The van der Waals surface area contributed by atoms with Gasteiger partial charge in [0, 0.05) is 18.7 Å². The van der Waals surface area contributed by atoms with Crippen LogP contribution in [0.3, 0.4) is 0 Å². The van der Waals surface area contributed by atoms with Crippen molar-refractivity contribution in [3.05, 3.63) is 12.4 Å². The maximum atomic E-state index is 11.6. The molecule has 1 unspecified atom stereocenters. The van der Waals surface area contributed by atoms with Crippen LogP contribution in [0.2, 0.25) is 0 Å². The Labute approximate surface area is 93.3 Å². The molecule has 1 atom stereocenters. The van der Waals surface area contributed by atoms with Crippen molar-refractivity contribution in [2.24, 2.45) is 5.73 Å². The number of nitrogens with zero attached hydrogens (tertiary/aromatic N) is 1. The quantitative estimate of drug-likeness (QED) is 0.624. The van der Waals surface area contributed by atoms with Gasteiger partial charge in [-0.25, -0.2) is 13.1 Å². The van der Waals surface area contributed by atoms with Crippen LogP contribution >= 0.6 is 12.2 Å². The van der Waals surface area contributed by atoms with Crippen LogP contribution in [0, 0.1) is 0 Å². The van der Waals surface area contributed by atoms with Crippen molar-refractivity contribution in [2.75, 3.05) is 0 Å². The summed E-state index contributed by atoms with van der Waals surface area (Å²) in [6, 6.07) is -0.331. The highest BCUT2D eigenvalue weighted by Crippen LogP contribution is 2.06. The van der Waals surface area contributed by atoms with E-state index >= 15 is 0 Å². The zero-order chi connectivity index (χ0) is 11.5. The molecule has 15 heavy (non-hydrogen) atoms. The van der Waals surface area contributed by atoms with E-state index in [1.54, 1.807) is 6.92 Å². The molecule has 0 amide bonds. The minimum absolute atomic E-state index is 0.0947. The predicted octanol–water partition coefficient (Wildman–Crippen LogP) is -0.247. The third kappa shape index (κ3) is 3.57. The number of H-pyrrole nitrogens is 1. The number of aromatic amines is 1. The standard InChI is InChI=1S/C7H12N4O2S2/c1-5(2-7(8)14)11-15(12,13)6-3-9-10-4-6/h3-5,11H,2H2,1H3,(H2,8,14)(H,9,10). The van der Waals surface area contributed by atoms with Gasteiger partial charge in [-0.1, -0.05) is 12.2 Å². The van der Waals surface area contributed by atoms with Gasteiger partial charge in [-0.3, -0.25) is 5.10 Å². The molecule has 0 fully saturated rings. The third-order valence-corrected chi connectivity index (χ3v) is 3.37. The first-order valence-electron chi connectivity index (χ1n) is 4.21. The molecule has 0 aliphatic heterocycles. The normalized spacial score (nSPS) is 13.7. The summed E-state index contributed by atoms with van der Waals surface area (Å²) >= 11 is 4.69. The highest BCUT2D eigenvalue weighted by Gasteiger charge is 2.18. The molecule has 1 aromatic rings. The Hall–Kier alpha value is -0.990. The molecule has 0 bridgehead atoms. The Bertz CT molecular complexity index is 426. The van der Waals surface area contributed by atoms with Gasteiger partial charge in [-0.2, -0.15) is 5.10 Å². The molecule has 0 aromatic carbocycles. The summed E-state index contributed by atoms with van der Waals surface area (Å²) in [6.45, 7) is 1.69. The fourth-order valence-corrected chi connectivity index (χ4v) is 2.46. The summed E-state index contributed by atoms with van der Waals surface area (Å²) in [4.78, 5) is 0.370. The average molecular weight is 248 g/mol. The lowest BCUT2D eigenvalue weighted by Crippen LogP contribution is -2.35. The van der Waals surface area contributed by atoms with Crippen molar-refractivity contribution >= 4 is 27.2 Å². The van der Waals surface area contributed by atoms with Gasteiger partial charge in [0.1, 0.15) is 4.90 Å². The van der Waals surface area contributed by atoms with Crippen LogP contribution in [-0.4, -0.2) is 29.6 Å². The van der Waals surface area contributed by atoms with Crippen LogP contribution < -0.4 is 10.5 Å². The fraction of sp³-hybridized carbons (Fsp3) is 0.429. The summed E-state index contributed by atoms with van der Waals surface area (Å²) in [7, 11) is -3.52. The Balaban J connectivity index is 2.69. The van der Waals surface area contributed by atoms with Crippen molar-refractivity contribution in [1.29, 1.82) is 0 Å². The molecule has 0 aliphatic carbocycles. The van der Waals surface area contributed by atoms with E-state index in [4.69, 9.17) is 5.73 Å². The number of aromatic nitrogens is 2. The Morgan fingerprint density at radius 3 is 2.93 bits per heavy atom. The molecule has 6 nitrogen and oxygen atoms in total. The summed E-state index contributed by atoms with van der Waals surface area (Å²) in [5.41, 5.74) is 5.31. The largest absolute Gasteiger partial charge is 0.393 e. The molecule has 4 N–H and O–H groups in total. The number of nitrogens with two attached hydrogens (primary N) is 1. The molecule has 0 saturated heterocycles. The molecule has 0 saturated carbocycles. The van der Waals surface area contributed by atoms with E-state index in [0.29, 0.717) is 6.42 Å². The first-order valence-corrected chi connectivity index (χ1v) is 6.10. The van der Waals surface area contributed by atoms with E-state index in [1.807, 2.05) is 0 Å². The van der Waals surface area contributed by atoms with E-state index < -0.39 is 10.0 Å². The third-order valence-electron chi connectivity index (χ3n) is 1.65. The van der Waals surface area contributed by atoms with Gasteiger partial charge >= 0.3 is 0 Å². The lowest BCUT2D eigenvalue weighted by atomic mass is 10.3. The van der Waals surface area contributed by atoms with E-state index in [2.05, 4.69) is 27.1 Å². The number of thiocarbonyl (C=S) groups is 1. The number of hydrogen-bond donors (Lipinski definition) is 3. The second kappa shape index (κ2) is 4.69. The molecule has 0 radical (unpaired) electrons. The zero-order valence-corrected chi connectivity index (χ0v) is 9.73. The Morgan fingerprint density at radius 1 is 1.80 bits per heavy atom. The topological polar surface area (TPSA) is 101 Å². The molecule has 1 heterocycles. The van der Waals surface area contributed by atoms with Crippen LogP contribution in [-0.2, 0) is 10.0 Å². The highest BCUT2D eigenvalue weighted by atomic mass is 32.2. The second-order valence-electron chi connectivity index (χ2n) is 3.13. The minimum atomic E-state index is -3.52. The van der Waals surface area contributed by atoms with Gasteiger partial charge in [-0.05, 0) is 6.92 Å². The highest BCUT2D eigenvalue weighted by molar-refractivity contribution is 7.89. The molecule has 1 aromatic heterocycles. The number of hydrogen-bond acceptors (Lipinski definition) is 4. The molecule has 8 heteroatoms. The molecule has 0 aliphatic rings. The van der Waals surface area contributed by atoms with E-state index in [1.165, 1.54) is 12.4 Å². The molecule has 1 rings (SSSR count). The summed E-state index contributed by atoms with van der Waals surface area (Å²) < 4.78 is 25.7. The van der Waals surface area contributed by atoms with Gasteiger partial charge in [-0.15, -0.1) is 0 Å². The van der Waals surface area contributed by atoms with Gasteiger partial charge in [0.2, 0.25) is 10.0 Å². The summed E-state index contributed by atoms with van der Waals surface area (Å²) in [5, 5.41) is 5.99. The Morgan fingerprint density at radius 2 is 2.47 bits per heavy atom. The van der Waals surface area contributed by atoms with E-state index in [0.717, 1.165) is 0 Å². The van der Waals surface area contributed by atoms with Crippen molar-refractivity contribution in [3.8, 4) is 0 Å². The maximum Gasteiger partial charge on any atom is 0.243 e. The van der Waals surface area contributed by atoms with Gasteiger partial charge in [0.25, 0.3) is 0 Å². The summed E-state index contributed by atoms with van der Waals surface area (Å²) in [6.07, 6.45) is 2.86. The van der Waals surface area contributed by atoms with Gasteiger partial charge in [0.15, 0.2) is 0 Å². The molecular formula is C7H12N4O2S2. The van der Waals surface area contributed by atoms with Crippen LogP contribution in [0.25, 0.3) is 0 Å². The maximum absolute atomic E-state index is 11.6. The first kappa shape index (κ1) is 12.1. The smallest absolute Gasteiger partial charge is 0.243 e. The van der Waals surface area contributed by atoms with Crippen molar-refractivity contribution in [2.45, 2.75) is 24.3 Å². The lowest BCUT2D eigenvalue weighted by molar-refractivity contribution is 0.565. The van der Waals surface area contributed by atoms with Crippen molar-refractivity contribution in [3.63, 3.8) is 0 Å². The average Bonchev–Trinajstić information content (AvgIpc) is 2.51. The summed E-state index contributed by atoms with van der Waals surface area (Å²) in [5.74, 6) is 0. The van der Waals surface area contributed by atoms with Gasteiger partial charge in [0.05, 0.1) is 11.2 Å². The number of sulfonamides is 1. The van der Waals surface area contributed by atoms with Crippen molar-refractivity contribution < 1.29 is 8.42 Å². The first-order chi connectivity index (χ1) is 6.92. The molecule has 84 valence electrons. The fourth-order valence-electron chi connectivity index (χ4n) is 1.06. The lowest BCUT2D eigenvalue weighted by Gasteiger charge is -2.11. The Kier molecular flexibility index (Phi) is 3.77. The minimum Gasteiger partial charge on any atom is -0.393 e. The SMILES string of the molecule is CC(CC(N)=S)NS(=O)(=O)c1cn[nH]c1. The van der Waals surface area contributed by atoms with E-state index in [-0.39, 0.29) is 15.9 Å². The van der Waals surface area contributed by atoms with Crippen LogP contribution in [0.5, 0.6) is 0 Å². The van der Waals surface area contributed by atoms with E-state index in [9.17, 15) is 8.42 Å². The second-order valence-corrected chi connectivity index (χ2v) is 5.37. The predicted molar refractivity (Wildman–Crippen MR) is 59.8 cm³/mol. The van der Waals surface area contributed by atoms with Crippen LogP contribution in [0.1, 0.15) is 13.3 Å². The monoisotopic (exact) mass is 248 g/mol. The molecular weight excluding hydrogens is 236 g/mol. The molecule has 0 spiro atoms. The van der Waals surface area contributed by atoms with Crippen molar-refractivity contribution in [1.82, 2.24) is 14.9 Å². The number of nitrogens with one attached hydrogen (secondary N) is 2. The van der Waals surface area contributed by atoms with Crippen LogP contribution in [0.4, 0.5) is 0 Å². The van der Waals surface area contributed by atoms with Gasteiger partial charge < -0.3 is 5.73 Å². The zero-order valence-electron chi connectivity index (χ0n) is 8.10. The number of rotatable bonds is 5. The van der Waals surface area contributed by atoms with Crippen LogP contribution in [0.15, 0.2) is 17.3 Å².